The minimum Gasteiger partial charge on any atom is -0.459 e. The Morgan fingerprint density at radius 2 is 1.69 bits per heavy atom. The van der Waals surface area contributed by atoms with Gasteiger partial charge in [-0.15, -0.1) is 0 Å². The number of piperazine rings is 1. The molecule has 7 heteroatoms. The summed E-state index contributed by atoms with van der Waals surface area (Å²) in [6.45, 7) is 5.42. The van der Waals surface area contributed by atoms with Gasteiger partial charge in [0.2, 0.25) is 0 Å². The van der Waals surface area contributed by atoms with Crippen LogP contribution in [0.15, 0.2) is 47.1 Å². The Bertz CT molecular complexity index is 805. The number of anilines is 2. The van der Waals surface area contributed by atoms with Crippen molar-refractivity contribution in [2.45, 2.75) is 19.3 Å². The summed E-state index contributed by atoms with van der Waals surface area (Å²) in [5.74, 6) is 0.308. The van der Waals surface area contributed by atoms with Gasteiger partial charge in [-0.1, -0.05) is 0 Å². The third-order valence-corrected chi connectivity index (χ3v) is 5.77. The van der Waals surface area contributed by atoms with Crippen molar-refractivity contribution in [3.05, 3.63) is 48.4 Å². The monoisotopic (exact) mass is 397 g/mol. The fourth-order valence-electron chi connectivity index (χ4n) is 4.10. The Balaban J connectivity index is 1.22. The Hall–Kier alpha value is -2.80. The molecule has 0 bridgehead atoms. The summed E-state index contributed by atoms with van der Waals surface area (Å²) in [7, 11) is 0. The number of furan rings is 1. The molecule has 2 aliphatic heterocycles. The number of amides is 2. The normalized spacial score (nSPS) is 17.9. The summed E-state index contributed by atoms with van der Waals surface area (Å²) in [4.78, 5) is 30.1. The van der Waals surface area contributed by atoms with Crippen LogP contribution < -0.4 is 15.1 Å². The lowest BCUT2D eigenvalue weighted by Crippen LogP contribution is -3.15. The van der Waals surface area contributed by atoms with Crippen LogP contribution in [0.5, 0.6) is 0 Å². The second kappa shape index (κ2) is 9.13. The molecule has 1 aromatic carbocycles. The van der Waals surface area contributed by atoms with Crippen LogP contribution >= 0.6 is 0 Å². The SMILES string of the molecule is O=C(C[NH+]1CCN(C(=O)c2ccco2)CC1)Nc1ccc(N2CCCCC2)cc1. The van der Waals surface area contributed by atoms with Crippen LogP contribution in [-0.2, 0) is 4.79 Å². The molecule has 2 saturated heterocycles. The number of quaternary nitrogens is 1. The molecule has 0 radical (unpaired) electrons. The molecule has 2 aliphatic rings. The maximum atomic E-state index is 12.4. The van der Waals surface area contributed by atoms with Crippen LogP contribution in [0.25, 0.3) is 0 Å². The summed E-state index contributed by atoms with van der Waals surface area (Å²) in [5.41, 5.74) is 2.06. The van der Waals surface area contributed by atoms with E-state index >= 15 is 0 Å². The zero-order valence-electron chi connectivity index (χ0n) is 16.7. The molecule has 2 fully saturated rings. The topological polar surface area (TPSA) is 70.2 Å². The smallest absolute Gasteiger partial charge is 0.289 e. The molecule has 4 rings (SSSR count). The Morgan fingerprint density at radius 1 is 0.966 bits per heavy atom. The van der Waals surface area contributed by atoms with Gasteiger partial charge in [-0.2, -0.15) is 0 Å². The molecule has 2 aromatic rings. The van der Waals surface area contributed by atoms with Crippen molar-refractivity contribution in [1.82, 2.24) is 4.90 Å². The minimum absolute atomic E-state index is 0.0107. The van der Waals surface area contributed by atoms with Crippen molar-refractivity contribution in [1.29, 1.82) is 0 Å². The molecule has 0 spiro atoms. The highest BCUT2D eigenvalue weighted by Crippen LogP contribution is 2.21. The van der Waals surface area contributed by atoms with Crippen molar-refractivity contribution < 1.29 is 18.9 Å². The van der Waals surface area contributed by atoms with E-state index < -0.39 is 0 Å². The Morgan fingerprint density at radius 3 is 2.34 bits per heavy atom. The fraction of sp³-hybridized carbons (Fsp3) is 0.455. The summed E-state index contributed by atoms with van der Waals surface area (Å²) >= 11 is 0. The average molecular weight is 397 g/mol. The van der Waals surface area contributed by atoms with E-state index in [4.69, 9.17) is 4.42 Å². The second-order valence-electron chi connectivity index (χ2n) is 7.84. The van der Waals surface area contributed by atoms with E-state index in [1.54, 1.807) is 17.0 Å². The summed E-state index contributed by atoms with van der Waals surface area (Å²) in [6, 6.07) is 11.6. The number of nitrogens with zero attached hydrogens (tertiary/aromatic N) is 2. The van der Waals surface area contributed by atoms with E-state index in [1.807, 2.05) is 12.1 Å². The number of hydrogen-bond donors (Lipinski definition) is 2. The molecule has 7 nitrogen and oxygen atoms in total. The summed E-state index contributed by atoms with van der Waals surface area (Å²) in [5, 5.41) is 3.00. The van der Waals surface area contributed by atoms with Crippen molar-refractivity contribution in [3.8, 4) is 0 Å². The van der Waals surface area contributed by atoms with Gasteiger partial charge in [0, 0.05) is 24.5 Å². The lowest BCUT2D eigenvalue weighted by Gasteiger charge is -2.31. The first kappa shape index (κ1) is 19.5. The molecule has 2 amide bonds. The molecular weight excluding hydrogens is 368 g/mol. The Kier molecular flexibility index (Phi) is 6.14. The highest BCUT2D eigenvalue weighted by Gasteiger charge is 2.27. The number of benzene rings is 1. The van der Waals surface area contributed by atoms with Crippen LogP contribution in [0, 0.1) is 0 Å². The average Bonchev–Trinajstić information content (AvgIpc) is 3.30. The third kappa shape index (κ3) is 4.98. The van der Waals surface area contributed by atoms with Gasteiger partial charge in [0.15, 0.2) is 12.3 Å². The number of rotatable bonds is 5. The van der Waals surface area contributed by atoms with E-state index in [1.165, 1.54) is 36.1 Å². The van der Waals surface area contributed by atoms with E-state index in [0.717, 1.165) is 31.9 Å². The molecule has 1 aromatic heterocycles. The summed E-state index contributed by atoms with van der Waals surface area (Å²) in [6.07, 6.45) is 5.33. The van der Waals surface area contributed by atoms with Crippen LogP contribution in [0.1, 0.15) is 29.8 Å². The number of nitrogens with one attached hydrogen (secondary N) is 2. The molecule has 0 aliphatic carbocycles. The van der Waals surface area contributed by atoms with Crippen LogP contribution in [0.3, 0.4) is 0 Å². The third-order valence-electron chi connectivity index (χ3n) is 5.77. The largest absolute Gasteiger partial charge is 0.459 e. The minimum atomic E-state index is -0.0766. The van der Waals surface area contributed by atoms with Gasteiger partial charge in [-0.3, -0.25) is 9.59 Å². The van der Waals surface area contributed by atoms with Crippen LogP contribution in [0.4, 0.5) is 11.4 Å². The molecule has 0 unspecified atom stereocenters. The maximum Gasteiger partial charge on any atom is 0.289 e. The number of carbonyl (C=O) groups is 2. The van der Waals surface area contributed by atoms with Gasteiger partial charge in [0.05, 0.1) is 32.4 Å². The fourth-order valence-corrected chi connectivity index (χ4v) is 4.10. The first-order chi connectivity index (χ1) is 14.2. The lowest BCUT2D eigenvalue weighted by molar-refractivity contribution is -0.895. The van der Waals surface area contributed by atoms with E-state index in [9.17, 15) is 9.59 Å². The van der Waals surface area contributed by atoms with Gasteiger partial charge < -0.3 is 24.4 Å². The van der Waals surface area contributed by atoms with Crippen LogP contribution in [0.2, 0.25) is 0 Å². The standard InChI is InChI=1S/C22H28N4O3/c27-21(23-18-6-8-19(9-7-18)25-10-2-1-3-11-25)17-24-12-14-26(15-13-24)22(28)20-5-4-16-29-20/h4-9,16H,1-3,10-15,17H2,(H,23,27)/p+1. The Labute approximate surface area is 171 Å². The molecule has 29 heavy (non-hydrogen) atoms. The number of hydrogen-bond acceptors (Lipinski definition) is 4. The van der Waals surface area contributed by atoms with Crippen molar-refractivity contribution in [3.63, 3.8) is 0 Å². The quantitative estimate of drug-likeness (QED) is 0.797. The molecule has 0 saturated carbocycles. The van der Waals surface area contributed by atoms with Crippen LogP contribution in [-0.4, -0.2) is 62.5 Å². The van der Waals surface area contributed by atoms with Gasteiger partial charge in [-0.25, -0.2) is 0 Å². The highest BCUT2D eigenvalue weighted by molar-refractivity contribution is 5.92. The molecule has 2 N–H and O–H groups in total. The summed E-state index contributed by atoms with van der Waals surface area (Å²) < 4.78 is 5.19. The van der Waals surface area contributed by atoms with Crippen molar-refractivity contribution in [2.75, 3.05) is 56.0 Å². The van der Waals surface area contributed by atoms with Gasteiger partial charge in [-0.05, 0) is 55.7 Å². The molecule has 3 heterocycles. The van der Waals surface area contributed by atoms with Gasteiger partial charge in [0.1, 0.15) is 0 Å². The van der Waals surface area contributed by atoms with E-state index in [2.05, 4.69) is 22.3 Å². The van der Waals surface area contributed by atoms with Gasteiger partial charge in [0.25, 0.3) is 11.8 Å². The van der Waals surface area contributed by atoms with E-state index in [0.29, 0.717) is 25.4 Å². The van der Waals surface area contributed by atoms with Crippen molar-refractivity contribution >= 4 is 23.2 Å². The second-order valence-corrected chi connectivity index (χ2v) is 7.84. The molecular formula is C22H29N4O3+. The molecule has 0 atom stereocenters. The lowest BCUT2D eigenvalue weighted by atomic mass is 10.1. The first-order valence-corrected chi connectivity index (χ1v) is 10.5. The zero-order valence-corrected chi connectivity index (χ0v) is 16.7. The highest BCUT2D eigenvalue weighted by atomic mass is 16.3. The predicted octanol–water partition coefficient (Wildman–Crippen LogP) is 1.25. The maximum absolute atomic E-state index is 12.4. The molecule has 154 valence electrons. The predicted molar refractivity (Wildman–Crippen MR) is 111 cm³/mol. The van der Waals surface area contributed by atoms with Crippen molar-refractivity contribution in [2.24, 2.45) is 0 Å². The first-order valence-electron chi connectivity index (χ1n) is 10.5. The number of piperidine rings is 1. The van der Waals surface area contributed by atoms with Gasteiger partial charge >= 0.3 is 0 Å². The number of carbonyl (C=O) groups excluding carboxylic acids is 2. The zero-order chi connectivity index (χ0) is 20.1. The van der Waals surface area contributed by atoms with E-state index in [-0.39, 0.29) is 11.8 Å².